The third-order valence-electron chi connectivity index (χ3n) is 2.97. The Kier molecular flexibility index (Phi) is 2.97. The molecule has 0 unspecified atom stereocenters. The number of aromatic nitrogens is 4. The van der Waals surface area contributed by atoms with Gasteiger partial charge in [0.1, 0.15) is 11.9 Å². The highest BCUT2D eigenvalue weighted by atomic mass is 35.5. The lowest BCUT2D eigenvalue weighted by molar-refractivity contribution is 1.08. The van der Waals surface area contributed by atoms with Crippen LogP contribution in [0.1, 0.15) is 5.56 Å². The molecule has 6 nitrogen and oxygen atoms in total. The molecule has 0 spiro atoms. The predicted molar refractivity (Wildman–Crippen MR) is 75.9 cm³/mol. The van der Waals surface area contributed by atoms with Crippen molar-refractivity contribution in [1.29, 1.82) is 5.26 Å². The number of hydrogen-bond donors (Lipinski definition) is 1. The monoisotopic (exact) mass is 284 g/mol. The number of fused-ring (bicyclic) bond motifs is 1. The number of nitriles is 1. The summed E-state index contributed by atoms with van der Waals surface area (Å²) in [5.74, 6) is 0.594. The summed E-state index contributed by atoms with van der Waals surface area (Å²) in [6, 6.07) is 9.44. The summed E-state index contributed by atoms with van der Waals surface area (Å²) >= 11 is 5.92. The molecule has 2 heterocycles. The minimum Gasteiger partial charge on any atom is -0.328 e. The fourth-order valence-corrected chi connectivity index (χ4v) is 2.19. The Hall–Kier alpha value is -2.65. The van der Waals surface area contributed by atoms with Crippen LogP contribution in [0.25, 0.3) is 11.0 Å². The van der Waals surface area contributed by atoms with Crippen molar-refractivity contribution in [2.75, 3.05) is 11.9 Å². The van der Waals surface area contributed by atoms with E-state index in [4.69, 9.17) is 11.6 Å². The Morgan fingerprint density at radius 3 is 2.90 bits per heavy atom. The van der Waals surface area contributed by atoms with Crippen molar-refractivity contribution in [1.82, 2.24) is 20.2 Å². The molecular weight excluding hydrogens is 276 g/mol. The number of nitrogens with zero attached hydrogens (tertiary/aromatic N) is 5. The maximum atomic E-state index is 9.19. The Morgan fingerprint density at radius 2 is 2.10 bits per heavy atom. The molecule has 0 aliphatic carbocycles. The second kappa shape index (κ2) is 4.79. The van der Waals surface area contributed by atoms with Crippen LogP contribution in [-0.2, 0) is 0 Å². The van der Waals surface area contributed by atoms with E-state index in [1.54, 1.807) is 17.2 Å². The number of para-hydroxylation sites is 1. The van der Waals surface area contributed by atoms with Crippen molar-refractivity contribution in [3.63, 3.8) is 0 Å². The molecule has 2 aromatic heterocycles. The highest BCUT2D eigenvalue weighted by Crippen LogP contribution is 2.30. The van der Waals surface area contributed by atoms with Crippen LogP contribution in [0.5, 0.6) is 0 Å². The van der Waals surface area contributed by atoms with Crippen molar-refractivity contribution < 1.29 is 0 Å². The lowest BCUT2D eigenvalue weighted by atomic mass is 10.2. The molecule has 0 saturated carbocycles. The normalized spacial score (nSPS) is 10.4. The Balaban J connectivity index is 2.20. The maximum absolute atomic E-state index is 9.19. The summed E-state index contributed by atoms with van der Waals surface area (Å²) in [4.78, 5) is 10.1. The van der Waals surface area contributed by atoms with E-state index in [9.17, 15) is 5.26 Å². The molecule has 98 valence electrons. The van der Waals surface area contributed by atoms with Crippen LogP contribution in [-0.4, -0.2) is 27.2 Å². The quantitative estimate of drug-likeness (QED) is 0.732. The maximum Gasteiger partial charge on any atom is 0.226 e. The number of aromatic amines is 1. The van der Waals surface area contributed by atoms with Crippen LogP contribution in [0.4, 0.5) is 11.5 Å². The molecular formula is C13H9ClN6. The van der Waals surface area contributed by atoms with Crippen molar-refractivity contribution >= 4 is 34.1 Å². The third-order valence-corrected chi connectivity index (χ3v) is 3.13. The number of hydrogen-bond acceptors (Lipinski definition) is 5. The predicted octanol–water partition coefficient (Wildman–Crippen LogP) is 2.65. The SMILES string of the molecule is CN(c1ccccc1C#N)c1nc(Cl)nc2[nH]ncc12. The van der Waals surface area contributed by atoms with Gasteiger partial charge in [-0.2, -0.15) is 20.3 Å². The number of H-pyrrole nitrogens is 1. The van der Waals surface area contributed by atoms with E-state index >= 15 is 0 Å². The lowest BCUT2D eigenvalue weighted by Gasteiger charge is -2.19. The summed E-state index contributed by atoms with van der Waals surface area (Å²) in [6.07, 6.45) is 1.63. The van der Waals surface area contributed by atoms with E-state index in [1.807, 2.05) is 25.2 Å². The van der Waals surface area contributed by atoms with E-state index in [2.05, 4.69) is 26.2 Å². The lowest BCUT2D eigenvalue weighted by Crippen LogP contribution is -2.13. The first-order valence-corrected chi connectivity index (χ1v) is 6.18. The third kappa shape index (κ3) is 1.94. The summed E-state index contributed by atoms with van der Waals surface area (Å²) in [5.41, 5.74) is 1.86. The Labute approximate surface area is 119 Å². The van der Waals surface area contributed by atoms with Crippen molar-refractivity contribution in [3.05, 3.63) is 41.3 Å². The molecule has 0 radical (unpaired) electrons. The molecule has 0 bridgehead atoms. The van der Waals surface area contributed by atoms with Gasteiger partial charge in [0.25, 0.3) is 0 Å². The van der Waals surface area contributed by atoms with Gasteiger partial charge in [0.15, 0.2) is 5.65 Å². The number of halogens is 1. The fourth-order valence-electron chi connectivity index (χ4n) is 2.02. The molecule has 1 N–H and O–H groups in total. The Bertz CT molecular complexity index is 819. The van der Waals surface area contributed by atoms with Gasteiger partial charge in [-0.3, -0.25) is 5.10 Å². The van der Waals surface area contributed by atoms with Crippen LogP contribution in [0.15, 0.2) is 30.5 Å². The summed E-state index contributed by atoms with van der Waals surface area (Å²) in [6.45, 7) is 0. The molecule has 0 amide bonds. The molecule has 0 aliphatic rings. The van der Waals surface area contributed by atoms with Gasteiger partial charge in [0.2, 0.25) is 5.28 Å². The van der Waals surface area contributed by atoms with Crippen molar-refractivity contribution in [3.8, 4) is 6.07 Å². The van der Waals surface area contributed by atoms with E-state index in [-0.39, 0.29) is 5.28 Å². The van der Waals surface area contributed by atoms with Gasteiger partial charge in [-0.05, 0) is 23.7 Å². The number of anilines is 2. The standard InChI is InChI=1S/C13H9ClN6/c1-20(10-5-3-2-4-8(10)6-15)12-9-7-16-19-11(9)17-13(14)18-12/h2-5,7H,1H3,(H,16,17,18,19). The van der Waals surface area contributed by atoms with E-state index in [0.29, 0.717) is 17.0 Å². The average molecular weight is 285 g/mol. The second-order valence-electron chi connectivity index (χ2n) is 4.14. The van der Waals surface area contributed by atoms with Gasteiger partial charge in [0, 0.05) is 7.05 Å². The van der Waals surface area contributed by atoms with Crippen molar-refractivity contribution in [2.45, 2.75) is 0 Å². The smallest absolute Gasteiger partial charge is 0.226 e. The second-order valence-corrected chi connectivity index (χ2v) is 4.47. The zero-order valence-corrected chi connectivity index (χ0v) is 11.3. The molecule has 20 heavy (non-hydrogen) atoms. The fraction of sp³-hybridized carbons (Fsp3) is 0.0769. The minimum absolute atomic E-state index is 0.123. The van der Waals surface area contributed by atoms with Gasteiger partial charge >= 0.3 is 0 Å². The van der Waals surface area contributed by atoms with Crippen molar-refractivity contribution in [2.24, 2.45) is 0 Å². The molecule has 7 heteroatoms. The molecule has 0 saturated heterocycles. The molecule has 0 atom stereocenters. The number of benzene rings is 1. The summed E-state index contributed by atoms with van der Waals surface area (Å²) in [7, 11) is 1.82. The van der Waals surface area contributed by atoms with Crippen LogP contribution >= 0.6 is 11.6 Å². The van der Waals surface area contributed by atoms with Crippen LogP contribution in [0, 0.1) is 11.3 Å². The van der Waals surface area contributed by atoms with Crippen LogP contribution in [0.3, 0.4) is 0 Å². The molecule has 0 fully saturated rings. The molecule has 3 rings (SSSR count). The first-order chi connectivity index (χ1) is 9.70. The first-order valence-electron chi connectivity index (χ1n) is 5.80. The highest BCUT2D eigenvalue weighted by molar-refractivity contribution is 6.28. The van der Waals surface area contributed by atoms with E-state index in [1.165, 1.54) is 0 Å². The highest BCUT2D eigenvalue weighted by Gasteiger charge is 2.15. The van der Waals surface area contributed by atoms with Gasteiger partial charge in [-0.1, -0.05) is 12.1 Å². The molecule has 1 aromatic carbocycles. The zero-order valence-electron chi connectivity index (χ0n) is 10.5. The number of nitrogens with one attached hydrogen (secondary N) is 1. The van der Waals surface area contributed by atoms with Gasteiger partial charge in [0.05, 0.1) is 22.8 Å². The van der Waals surface area contributed by atoms with Crippen LogP contribution in [0.2, 0.25) is 5.28 Å². The summed E-state index contributed by atoms with van der Waals surface area (Å²) < 4.78 is 0. The zero-order chi connectivity index (χ0) is 14.1. The summed E-state index contributed by atoms with van der Waals surface area (Å²) in [5, 5.41) is 16.8. The topological polar surface area (TPSA) is 81.5 Å². The Morgan fingerprint density at radius 1 is 1.30 bits per heavy atom. The molecule has 0 aliphatic heterocycles. The molecule has 3 aromatic rings. The number of rotatable bonds is 2. The van der Waals surface area contributed by atoms with E-state index < -0.39 is 0 Å². The van der Waals surface area contributed by atoms with Gasteiger partial charge < -0.3 is 4.90 Å². The van der Waals surface area contributed by atoms with Crippen LogP contribution < -0.4 is 4.90 Å². The van der Waals surface area contributed by atoms with Gasteiger partial charge in [-0.15, -0.1) is 0 Å². The average Bonchev–Trinajstić information content (AvgIpc) is 2.93. The van der Waals surface area contributed by atoms with Gasteiger partial charge in [-0.25, -0.2) is 0 Å². The largest absolute Gasteiger partial charge is 0.328 e. The van der Waals surface area contributed by atoms with E-state index in [0.717, 1.165) is 11.1 Å². The minimum atomic E-state index is 0.123. The first kappa shape index (κ1) is 12.4.